The van der Waals surface area contributed by atoms with Gasteiger partial charge in [-0.05, 0) is 33.1 Å². The first-order chi connectivity index (χ1) is 12.4. The Labute approximate surface area is 155 Å². The Morgan fingerprint density at radius 3 is 2.81 bits per heavy atom. The molecule has 0 aliphatic carbocycles. The number of aliphatic carboxylic acids is 1. The maximum atomic E-state index is 11.3. The molecule has 1 fully saturated rings. The van der Waals surface area contributed by atoms with Gasteiger partial charge in [-0.3, -0.25) is 4.79 Å². The van der Waals surface area contributed by atoms with E-state index < -0.39 is 24.4 Å². The summed E-state index contributed by atoms with van der Waals surface area (Å²) in [4.78, 5) is 13.4. The first-order valence-corrected chi connectivity index (χ1v) is 8.95. The Morgan fingerprint density at radius 1 is 1.42 bits per heavy atom. The minimum absolute atomic E-state index is 0.0973. The Bertz CT molecular complexity index is 581. The van der Waals surface area contributed by atoms with Crippen LogP contribution in [0.15, 0.2) is 24.3 Å². The number of carboxylic acids is 1. The van der Waals surface area contributed by atoms with Gasteiger partial charge < -0.3 is 29.5 Å². The Hall–Kier alpha value is -1.67. The van der Waals surface area contributed by atoms with E-state index in [4.69, 9.17) is 14.2 Å². The average molecular weight is 366 g/mol. The quantitative estimate of drug-likeness (QED) is 0.650. The van der Waals surface area contributed by atoms with Gasteiger partial charge in [-0.2, -0.15) is 0 Å². The predicted octanol–water partition coefficient (Wildman–Crippen LogP) is 1.57. The molecule has 0 saturated carbocycles. The van der Waals surface area contributed by atoms with E-state index in [1.54, 1.807) is 7.05 Å². The summed E-state index contributed by atoms with van der Waals surface area (Å²) in [7, 11) is 5.64. The lowest BCUT2D eigenvalue weighted by molar-refractivity contribution is -0.160. The van der Waals surface area contributed by atoms with Gasteiger partial charge in [0.2, 0.25) is 0 Å². The molecule has 0 spiro atoms. The largest absolute Gasteiger partial charge is 0.492 e. The van der Waals surface area contributed by atoms with Crippen molar-refractivity contribution in [1.29, 1.82) is 0 Å². The normalized spacial score (nSPS) is 24.0. The number of nitrogens with one attached hydrogen (secondary N) is 1. The van der Waals surface area contributed by atoms with E-state index in [1.165, 1.54) is 0 Å². The lowest BCUT2D eigenvalue weighted by Gasteiger charge is -2.22. The number of carbonyl (C=O) groups is 1. The van der Waals surface area contributed by atoms with Gasteiger partial charge in [-0.25, -0.2) is 0 Å². The molecule has 4 atom stereocenters. The van der Waals surface area contributed by atoms with Crippen LogP contribution in [0.2, 0.25) is 0 Å². The van der Waals surface area contributed by atoms with Gasteiger partial charge in [-0.1, -0.05) is 25.1 Å². The molecule has 146 valence electrons. The van der Waals surface area contributed by atoms with Crippen molar-refractivity contribution in [2.24, 2.45) is 5.92 Å². The van der Waals surface area contributed by atoms with E-state index in [2.05, 4.69) is 10.2 Å². The van der Waals surface area contributed by atoms with Crippen LogP contribution in [-0.4, -0.2) is 68.7 Å². The highest BCUT2D eigenvalue weighted by molar-refractivity contribution is 5.74. The summed E-state index contributed by atoms with van der Waals surface area (Å²) in [6.07, 6.45) is -0.158. The fourth-order valence-corrected chi connectivity index (χ4v) is 3.03. The first kappa shape index (κ1) is 20.6. The molecular formula is C19H30N2O5. The van der Waals surface area contributed by atoms with Gasteiger partial charge in [0, 0.05) is 18.5 Å². The fourth-order valence-electron chi connectivity index (χ4n) is 3.03. The maximum Gasteiger partial charge on any atom is 0.323 e. The zero-order valence-corrected chi connectivity index (χ0v) is 16.0. The summed E-state index contributed by atoms with van der Waals surface area (Å²) < 4.78 is 17.6. The van der Waals surface area contributed by atoms with Crippen molar-refractivity contribution in [3.63, 3.8) is 0 Å². The highest BCUT2D eigenvalue weighted by atomic mass is 16.7. The summed E-state index contributed by atoms with van der Waals surface area (Å²) in [6, 6.07) is 7.04. The van der Waals surface area contributed by atoms with Gasteiger partial charge in [0.15, 0.2) is 6.29 Å². The summed E-state index contributed by atoms with van der Waals surface area (Å²) in [5.74, 6) is -0.0136. The zero-order valence-electron chi connectivity index (χ0n) is 16.0. The number of hydrogen-bond acceptors (Lipinski definition) is 6. The third-order valence-electron chi connectivity index (χ3n) is 4.53. The van der Waals surface area contributed by atoms with Crippen molar-refractivity contribution in [3.05, 3.63) is 29.8 Å². The van der Waals surface area contributed by atoms with E-state index >= 15 is 0 Å². The van der Waals surface area contributed by atoms with Crippen LogP contribution in [0.1, 0.15) is 18.9 Å². The van der Waals surface area contributed by atoms with Crippen molar-refractivity contribution in [3.8, 4) is 5.75 Å². The fraction of sp³-hybridized carbons (Fsp3) is 0.632. The van der Waals surface area contributed by atoms with Gasteiger partial charge in [0.1, 0.15) is 18.4 Å². The second kappa shape index (κ2) is 9.87. The molecule has 7 nitrogen and oxygen atoms in total. The van der Waals surface area contributed by atoms with E-state index in [1.807, 2.05) is 45.3 Å². The number of carboxylic acid groups (broad SMARTS) is 1. The average Bonchev–Trinajstić information content (AvgIpc) is 2.95. The molecule has 1 heterocycles. The Kier molecular flexibility index (Phi) is 7.84. The van der Waals surface area contributed by atoms with Crippen LogP contribution >= 0.6 is 0 Å². The van der Waals surface area contributed by atoms with Crippen LogP contribution in [0, 0.1) is 5.92 Å². The molecule has 2 rings (SSSR count). The van der Waals surface area contributed by atoms with E-state index in [0.717, 1.165) is 17.9 Å². The molecule has 1 aliphatic heterocycles. The smallest absolute Gasteiger partial charge is 0.323 e. The third kappa shape index (κ3) is 5.67. The first-order valence-electron chi connectivity index (χ1n) is 8.95. The number of ether oxygens (including phenoxy) is 3. The zero-order chi connectivity index (χ0) is 19.1. The second-order valence-electron chi connectivity index (χ2n) is 6.92. The summed E-state index contributed by atoms with van der Waals surface area (Å²) in [5, 5.41) is 12.1. The highest BCUT2D eigenvalue weighted by Gasteiger charge is 2.40. The molecule has 7 heteroatoms. The molecule has 0 amide bonds. The summed E-state index contributed by atoms with van der Waals surface area (Å²) in [5.41, 5.74) is 0.953. The minimum Gasteiger partial charge on any atom is -0.492 e. The Balaban J connectivity index is 1.90. The Morgan fingerprint density at radius 2 is 2.15 bits per heavy atom. The molecule has 1 aliphatic rings. The van der Waals surface area contributed by atoms with Gasteiger partial charge >= 0.3 is 5.97 Å². The van der Waals surface area contributed by atoms with Crippen molar-refractivity contribution in [2.45, 2.75) is 38.4 Å². The van der Waals surface area contributed by atoms with Gasteiger partial charge in [0.25, 0.3) is 0 Å². The molecular weight excluding hydrogens is 336 g/mol. The molecule has 1 aromatic rings. The highest BCUT2D eigenvalue weighted by Crippen LogP contribution is 2.30. The van der Waals surface area contributed by atoms with Crippen LogP contribution < -0.4 is 10.1 Å². The number of para-hydroxylation sites is 1. The van der Waals surface area contributed by atoms with Crippen molar-refractivity contribution < 1.29 is 24.1 Å². The SMILES string of the molecule is CNC(C(=O)O)[C@@H]1OC(OCc2ccccc2OCCN(C)C)C[C@H]1C. The molecule has 1 saturated heterocycles. The van der Waals surface area contributed by atoms with Crippen molar-refractivity contribution in [1.82, 2.24) is 10.2 Å². The predicted molar refractivity (Wildman–Crippen MR) is 98.2 cm³/mol. The van der Waals surface area contributed by atoms with Crippen LogP contribution in [-0.2, 0) is 20.9 Å². The molecule has 0 aromatic heterocycles. The van der Waals surface area contributed by atoms with Crippen molar-refractivity contribution in [2.75, 3.05) is 34.3 Å². The van der Waals surface area contributed by atoms with E-state index in [-0.39, 0.29) is 5.92 Å². The van der Waals surface area contributed by atoms with Gasteiger partial charge in [-0.15, -0.1) is 0 Å². The third-order valence-corrected chi connectivity index (χ3v) is 4.53. The summed E-state index contributed by atoms with van der Waals surface area (Å²) >= 11 is 0. The monoisotopic (exact) mass is 366 g/mol. The minimum atomic E-state index is -0.912. The number of hydrogen-bond donors (Lipinski definition) is 2. The number of rotatable bonds is 10. The van der Waals surface area contributed by atoms with E-state index in [9.17, 15) is 9.90 Å². The number of likely N-dealkylation sites (N-methyl/N-ethyl adjacent to an activating group) is 2. The topological polar surface area (TPSA) is 80.3 Å². The van der Waals surface area contributed by atoms with Crippen LogP contribution in [0.3, 0.4) is 0 Å². The molecule has 26 heavy (non-hydrogen) atoms. The number of nitrogens with zero attached hydrogens (tertiary/aromatic N) is 1. The molecule has 0 radical (unpaired) electrons. The van der Waals surface area contributed by atoms with Crippen molar-refractivity contribution >= 4 is 5.97 Å². The van der Waals surface area contributed by atoms with E-state index in [0.29, 0.717) is 19.6 Å². The molecule has 0 bridgehead atoms. The summed E-state index contributed by atoms with van der Waals surface area (Å²) in [6.45, 7) is 3.78. The molecule has 2 unspecified atom stereocenters. The lowest BCUT2D eigenvalue weighted by Crippen LogP contribution is -2.46. The lowest BCUT2D eigenvalue weighted by atomic mass is 9.97. The maximum absolute atomic E-state index is 11.3. The standard InChI is InChI=1S/C19H30N2O5/c1-13-11-16(26-18(13)17(20-2)19(22)23)25-12-14-7-5-6-8-15(14)24-10-9-21(3)4/h5-8,13,16-18,20H,9-12H2,1-4H3,(H,22,23)/t13-,16?,17?,18-/m1/s1. The van der Waals surface area contributed by atoms with Crippen LogP contribution in [0.4, 0.5) is 0 Å². The van der Waals surface area contributed by atoms with Crippen LogP contribution in [0.5, 0.6) is 5.75 Å². The molecule has 2 N–H and O–H groups in total. The second-order valence-corrected chi connectivity index (χ2v) is 6.92. The van der Waals surface area contributed by atoms with Gasteiger partial charge in [0.05, 0.1) is 12.7 Å². The number of benzene rings is 1. The molecule has 1 aromatic carbocycles. The van der Waals surface area contributed by atoms with Crippen LogP contribution in [0.25, 0.3) is 0 Å².